The van der Waals surface area contributed by atoms with E-state index in [4.69, 9.17) is 14.6 Å². The van der Waals surface area contributed by atoms with Gasteiger partial charge in [-0.3, -0.25) is 5.32 Å². The summed E-state index contributed by atoms with van der Waals surface area (Å²) in [7, 11) is 0. The largest absolute Gasteiger partial charge is 0.490 e. The molecular weight excluding hydrogens is 447 g/mol. The summed E-state index contributed by atoms with van der Waals surface area (Å²) in [5, 5.41) is 16.3. The van der Waals surface area contributed by atoms with Crippen LogP contribution in [0, 0.1) is 5.92 Å². The molecule has 0 aliphatic carbocycles. The number of para-hydroxylation sites is 1. The van der Waals surface area contributed by atoms with Crippen molar-refractivity contribution in [2.75, 3.05) is 25.0 Å². The molecule has 0 atom stereocenters. The number of carboxylic acid groups (broad SMARTS) is 1. The molecule has 176 valence electrons. The van der Waals surface area contributed by atoms with Crippen LogP contribution >= 0.6 is 11.3 Å². The Morgan fingerprint density at radius 3 is 2.56 bits per heavy atom. The number of aryl methyl sites for hydroxylation is 1. The number of thiazole rings is 1. The molecule has 0 saturated carbocycles. The number of hydrogen-bond acceptors (Lipinski definition) is 6. The lowest BCUT2D eigenvalue weighted by Crippen LogP contribution is -2.31. The molecule has 1 amide bonds. The third-order valence-electron chi connectivity index (χ3n) is 4.60. The highest BCUT2D eigenvalue weighted by Gasteiger charge is 2.38. The van der Waals surface area contributed by atoms with Gasteiger partial charge in [0.25, 0.3) is 0 Å². The summed E-state index contributed by atoms with van der Waals surface area (Å²) in [6.45, 7) is 4.63. The van der Waals surface area contributed by atoms with Crippen molar-refractivity contribution >= 4 is 29.1 Å². The van der Waals surface area contributed by atoms with Gasteiger partial charge >= 0.3 is 18.2 Å². The molecule has 1 saturated heterocycles. The van der Waals surface area contributed by atoms with Gasteiger partial charge in [-0.05, 0) is 50.4 Å². The Morgan fingerprint density at radius 2 is 1.94 bits per heavy atom. The lowest BCUT2D eigenvalue weighted by molar-refractivity contribution is -0.192. The van der Waals surface area contributed by atoms with Crippen LogP contribution in [-0.2, 0) is 16.0 Å². The Balaban J connectivity index is 0.000000451. The van der Waals surface area contributed by atoms with Gasteiger partial charge in [-0.25, -0.2) is 14.6 Å². The molecule has 0 radical (unpaired) electrons. The zero-order valence-electron chi connectivity index (χ0n) is 17.6. The Bertz CT molecular complexity index is 883. The number of aliphatic carboxylic acids is 1. The number of nitrogens with one attached hydrogen (secondary N) is 2. The van der Waals surface area contributed by atoms with Crippen molar-refractivity contribution in [2.24, 2.45) is 5.92 Å². The monoisotopic (exact) mass is 473 g/mol. The predicted octanol–water partition coefficient (Wildman–Crippen LogP) is 4.94. The maximum atomic E-state index is 12.2. The topological polar surface area (TPSA) is 101 Å². The smallest absolute Gasteiger partial charge is 0.475 e. The molecule has 0 spiro atoms. The normalized spacial score (nSPS) is 14.2. The van der Waals surface area contributed by atoms with Crippen molar-refractivity contribution in [1.82, 2.24) is 10.3 Å². The lowest BCUT2D eigenvalue weighted by atomic mass is 9.99. The first-order valence-electron chi connectivity index (χ1n) is 10.2. The standard InChI is InChI=1S/C19H25N3O2S.C2HF3O2/c1-2-5-15-13-25-18(21-15)16-6-3-4-7-17(16)22-19(23)24-12-14-8-10-20-11-9-14;3-2(4,5)1(6)7/h3-4,6-7,13-14,20H,2,5,8-12H2,1H3,(H,22,23);(H,6,7). The van der Waals surface area contributed by atoms with Crippen LogP contribution in [0.5, 0.6) is 0 Å². The van der Waals surface area contributed by atoms with Crippen molar-refractivity contribution < 1.29 is 32.6 Å². The molecule has 1 aliphatic heterocycles. The number of alkyl halides is 3. The summed E-state index contributed by atoms with van der Waals surface area (Å²) < 4.78 is 37.2. The van der Waals surface area contributed by atoms with Crippen LogP contribution < -0.4 is 10.6 Å². The second-order valence-electron chi connectivity index (χ2n) is 7.16. The molecule has 2 aromatic rings. The molecule has 7 nitrogen and oxygen atoms in total. The number of hydrogen-bond donors (Lipinski definition) is 3. The molecule has 1 aromatic heterocycles. The highest BCUT2D eigenvalue weighted by atomic mass is 32.1. The van der Waals surface area contributed by atoms with Gasteiger partial charge in [-0.2, -0.15) is 13.2 Å². The number of ether oxygens (including phenoxy) is 1. The minimum atomic E-state index is -5.08. The fraction of sp³-hybridized carbons (Fsp3) is 0.476. The third kappa shape index (κ3) is 8.46. The van der Waals surface area contributed by atoms with E-state index >= 15 is 0 Å². The van der Waals surface area contributed by atoms with E-state index in [9.17, 15) is 18.0 Å². The van der Waals surface area contributed by atoms with E-state index in [0.29, 0.717) is 12.5 Å². The van der Waals surface area contributed by atoms with Crippen LogP contribution in [0.4, 0.5) is 23.7 Å². The highest BCUT2D eigenvalue weighted by Crippen LogP contribution is 2.31. The molecule has 2 heterocycles. The fourth-order valence-electron chi connectivity index (χ4n) is 2.97. The maximum absolute atomic E-state index is 12.2. The van der Waals surface area contributed by atoms with E-state index in [-0.39, 0.29) is 0 Å². The van der Waals surface area contributed by atoms with Gasteiger partial charge < -0.3 is 15.2 Å². The van der Waals surface area contributed by atoms with Crippen LogP contribution in [0.15, 0.2) is 29.6 Å². The summed E-state index contributed by atoms with van der Waals surface area (Å²) in [5.41, 5.74) is 2.79. The number of rotatable bonds is 6. The number of carbonyl (C=O) groups is 2. The quantitative estimate of drug-likeness (QED) is 0.549. The van der Waals surface area contributed by atoms with E-state index in [2.05, 4.69) is 27.9 Å². The number of halogens is 3. The lowest BCUT2D eigenvalue weighted by Gasteiger charge is -2.22. The predicted molar refractivity (Wildman–Crippen MR) is 116 cm³/mol. The van der Waals surface area contributed by atoms with Crippen LogP contribution in [0.2, 0.25) is 0 Å². The first-order chi connectivity index (χ1) is 15.2. The summed E-state index contributed by atoms with van der Waals surface area (Å²) in [5.74, 6) is -2.30. The minimum Gasteiger partial charge on any atom is -0.475 e. The van der Waals surface area contributed by atoms with Gasteiger partial charge in [0.15, 0.2) is 0 Å². The summed E-state index contributed by atoms with van der Waals surface area (Å²) >= 11 is 1.61. The van der Waals surface area contributed by atoms with Gasteiger partial charge in [0.05, 0.1) is 18.0 Å². The number of carbonyl (C=O) groups excluding carboxylic acids is 1. The number of nitrogens with zero attached hydrogens (tertiary/aromatic N) is 1. The molecule has 11 heteroatoms. The van der Waals surface area contributed by atoms with Crippen molar-refractivity contribution in [3.05, 3.63) is 35.3 Å². The fourth-order valence-corrected chi connectivity index (χ4v) is 3.86. The number of aromatic nitrogens is 1. The van der Waals surface area contributed by atoms with Crippen molar-refractivity contribution in [3.8, 4) is 10.6 Å². The van der Waals surface area contributed by atoms with Crippen molar-refractivity contribution in [1.29, 1.82) is 0 Å². The van der Waals surface area contributed by atoms with Crippen LogP contribution in [-0.4, -0.2) is 48.0 Å². The molecule has 3 N–H and O–H groups in total. The van der Waals surface area contributed by atoms with E-state index < -0.39 is 18.2 Å². The Hall–Kier alpha value is -2.66. The van der Waals surface area contributed by atoms with Gasteiger partial charge in [-0.1, -0.05) is 25.5 Å². The molecule has 3 rings (SSSR count). The van der Waals surface area contributed by atoms with Gasteiger partial charge in [0.1, 0.15) is 5.01 Å². The Kier molecular flexibility index (Phi) is 9.92. The van der Waals surface area contributed by atoms with E-state index in [0.717, 1.165) is 60.7 Å². The molecule has 1 aliphatic rings. The third-order valence-corrected chi connectivity index (χ3v) is 5.53. The first-order valence-corrected chi connectivity index (χ1v) is 11.1. The zero-order chi connectivity index (χ0) is 23.6. The zero-order valence-corrected chi connectivity index (χ0v) is 18.4. The maximum Gasteiger partial charge on any atom is 0.490 e. The molecule has 1 aromatic carbocycles. The summed E-state index contributed by atoms with van der Waals surface area (Å²) in [6, 6.07) is 7.74. The number of benzene rings is 1. The second kappa shape index (κ2) is 12.4. The SMILES string of the molecule is CCCc1csc(-c2ccccc2NC(=O)OCC2CCNCC2)n1.O=C(O)C(F)(F)F. The van der Waals surface area contributed by atoms with Crippen LogP contribution in [0.3, 0.4) is 0 Å². The van der Waals surface area contributed by atoms with Crippen molar-refractivity contribution in [2.45, 2.75) is 38.8 Å². The first kappa shape index (κ1) is 25.6. The molecule has 32 heavy (non-hydrogen) atoms. The summed E-state index contributed by atoms with van der Waals surface area (Å²) in [6.07, 6.45) is -1.31. The van der Waals surface area contributed by atoms with Gasteiger partial charge in [0.2, 0.25) is 0 Å². The average Bonchev–Trinajstić information content (AvgIpc) is 3.22. The second-order valence-corrected chi connectivity index (χ2v) is 8.02. The Morgan fingerprint density at radius 1 is 1.28 bits per heavy atom. The average molecular weight is 474 g/mol. The Labute approximate surface area is 188 Å². The van der Waals surface area contributed by atoms with Gasteiger partial charge in [0, 0.05) is 10.9 Å². The molecule has 0 unspecified atom stereocenters. The molecule has 1 fully saturated rings. The van der Waals surface area contributed by atoms with Crippen molar-refractivity contribution in [3.63, 3.8) is 0 Å². The van der Waals surface area contributed by atoms with E-state index in [1.807, 2.05) is 24.3 Å². The number of amides is 1. The number of carboxylic acids is 1. The van der Waals surface area contributed by atoms with E-state index in [1.54, 1.807) is 11.3 Å². The molecule has 0 bridgehead atoms. The number of piperidine rings is 1. The van der Waals surface area contributed by atoms with E-state index in [1.165, 1.54) is 0 Å². The molecular formula is C21H26F3N3O4S. The van der Waals surface area contributed by atoms with Gasteiger partial charge in [-0.15, -0.1) is 11.3 Å². The van der Waals surface area contributed by atoms with Crippen LogP contribution in [0.25, 0.3) is 10.6 Å². The summed E-state index contributed by atoms with van der Waals surface area (Å²) in [4.78, 5) is 25.8. The minimum absolute atomic E-state index is 0.392. The van der Waals surface area contributed by atoms with Crippen LogP contribution in [0.1, 0.15) is 31.9 Å². The number of anilines is 1. The highest BCUT2D eigenvalue weighted by molar-refractivity contribution is 7.13.